The van der Waals surface area contributed by atoms with E-state index in [1.165, 1.54) is 0 Å². The average Bonchev–Trinajstić information content (AvgIpc) is 3.00. The summed E-state index contributed by atoms with van der Waals surface area (Å²) in [6.07, 6.45) is 0.783. The van der Waals surface area contributed by atoms with Gasteiger partial charge in [0.15, 0.2) is 9.84 Å². The van der Waals surface area contributed by atoms with Crippen molar-refractivity contribution in [1.29, 1.82) is 0 Å². The van der Waals surface area contributed by atoms with Crippen molar-refractivity contribution in [2.75, 3.05) is 12.4 Å². The van der Waals surface area contributed by atoms with Crippen LogP contribution >= 0.6 is 0 Å². The summed E-state index contributed by atoms with van der Waals surface area (Å²) in [7, 11) is -3.10. The highest BCUT2D eigenvalue weighted by atomic mass is 32.2. The zero-order chi connectivity index (χ0) is 10.0. The summed E-state index contributed by atoms with van der Waals surface area (Å²) >= 11 is 0. The first kappa shape index (κ1) is 9.68. The van der Waals surface area contributed by atoms with Crippen molar-refractivity contribution in [3.05, 3.63) is 30.3 Å². The fraction of sp³-hybridized carbons (Fsp3) is 0.400. The molecule has 0 N–H and O–H groups in total. The lowest BCUT2D eigenvalue weighted by Gasteiger charge is -2.01. The molecule has 1 aliphatic heterocycles. The Bertz CT molecular complexity index is 393. The molecule has 0 aromatic heterocycles. The van der Waals surface area contributed by atoms with Crippen molar-refractivity contribution in [2.45, 2.75) is 17.4 Å². The molecule has 0 unspecified atom stereocenters. The molecule has 0 aliphatic carbocycles. The fourth-order valence-corrected chi connectivity index (χ4v) is 2.65. The summed E-state index contributed by atoms with van der Waals surface area (Å²) in [5, 5.41) is 0. The molecule has 3 nitrogen and oxygen atoms in total. The van der Waals surface area contributed by atoms with Gasteiger partial charge in [-0.2, -0.15) is 0 Å². The number of rotatable bonds is 4. The molecular formula is C10H12O3S. The van der Waals surface area contributed by atoms with E-state index in [0.717, 1.165) is 0 Å². The minimum Gasteiger partial charge on any atom is -0.373 e. The van der Waals surface area contributed by atoms with Crippen LogP contribution in [-0.2, 0) is 14.6 Å². The topological polar surface area (TPSA) is 46.7 Å². The Hall–Kier alpha value is -0.870. The number of ether oxygens (including phenoxy) is 1. The van der Waals surface area contributed by atoms with E-state index in [2.05, 4.69) is 0 Å². The lowest BCUT2D eigenvalue weighted by molar-refractivity contribution is 0.403. The molecule has 14 heavy (non-hydrogen) atoms. The van der Waals surface area contributed by atoms with Crippen LogP contribution in [0.3, 0.4) is 0 Å². The van der Waals surface area contributed by atoms with Gasteiger partial charge in [-0.05, 0) is 18.6 Å². The Morgan fingerprint density at radius 1 is 1.29 bits per heavy atom. The summed E-state index contributed by atoms with van der Waals surface area (Å²) in [4.78, 5) is 0.403. The lowest BCUT2D eigenvalue weighted by atomic mass is 10.4. The Labute approximate surface area is 83.6 Å². The van der Waals surface area contributed by atoms with Gasteiger partial charge in [0.25, 0.3) is 0 Å². The van der Waals surface area contributed by atoms with Crippen molar-refractivity contribution in [2.24, 2.45) is 0 Å². The SMILES string of the molecule is O=S(=O)(CC[C@H]1CO1)c1ccccc1. The third-order valence-corrected chi connectivity index (χ3v) is 3.98. The Balaban J connectivity index is 2.07. The highest BCUT2D eigenvalue weighted by Gasteiger charge is 2.25. The summed E-state index contributed by atoms with van der Waals surface area (Å²) < 4.78 is 28.4. The predicted octanol–water partition coefficient (Wildman–Crippen LogP) is 1.25. The van der Waals surface area contributed by atoms with Crippen molar-refractivity contribution in [1.82, 2.24) is 0 Å². The van der Waals surface area contributed by atoms with E-state index < -0.39 is 9.84 Å². The van der Waals surface area contributed by atoms with Crippen molar-refractivity contribution < 1.29 is 13.2 Å². The molecule has 1 saturated heterocycles. The van der Waals surface area contributed by atoms with Gasteiger partial charge in [0.05, 0.1) is 23.4 Å². The van der Waals surface area contributed by atoms with Crippen LogP contribution in [0.15, 0.2) is 35.2 Å². The van der Waals surface area contributed by atoms with Crippen LogP contribution in [0.5, 0.6) is 0 Å². The second kappa shape index (κ2) is 3.71. The number of sulfone groups is 1. The first-order chi connectivity index (χ1) is 6.68. The van der Waals surface area contributed by atoms with E-state index in [0.29, 0.717) is 17.9 Å². The van der Waals surface area contributed by atoms with Crippen molar-refractivity contribution in [3.63, 3.8) is 0 Å². The molecule has 1 aromatic rings. The Morgan fingerprint density at radius 2 is 1.93 bits per heavy atom. The van der Waals surface area contributed by atoms with Crippen LogP contribution in [0.25, 0.3) is 0 Å². The van der Waals surface area contributed by atoms with E-state index in [1.54, 1.807) is 24.3 Å². The summed E-state index contributed by atoms with van der Waals surface area (Å²) in [6.45, 7) is 0.713. The standard InChI is InChI=1S/C10H12O3S/c11-14(12,7-6-9-8-13-9)10-4-2-1-3-5-10/h1-5,9H,6-8H2/t9-/m0/s1. The van der Waals surface area contributed by atoms with Crippen molar-refractivity contribution in [3.8, 4) is 0 Å². The first-order valence-electron chi connectivity index (χ1n) is 4.58. The maximum absolute atomic E-state index is 11.7. The molecule has 0 saturated carbocycles. The van der Waals surface area contributed by atoms with E-state index in [1.807, 2.05) is 6.07 Å². The highest BCUT2D eigenvalue weighted by molar-refractivity contribution is 7.91. The summed E-state index contributed by atoms with van der Waals surface area (Å²) in [6, 6.07) is 8.54. The monoisotopic (exact) mass is 212 g/mol. The number of hydrogen-bond acceptors (Lipinski definition) is 3. The molecule has 1 aromatic carbocycles. The van der Waals surface area contributed by atoms with Gasteiger partial charge in [0.2, 0.25) is 0 Å². The molecular weight excluding hydrogens is 200 g/mol. The maximum atomic E-state index is 11.7. The second-order valence-corrected chi connectivity index (χ2v) is 5.49. The fourth-order valence-electron chi connectivity index (χ4n) is 1.27. The average molecular weight is 212 g/mol. The number of epoxide rings is 1. The predicted molar refractivity (Wildman–Crippen MR) is 52.9 cm³/mol. The van der Waals surface area contributed by atoms with Gasteiger partial charge in [0.1, 0.15) is 0 Å². The van der Waals surface area contributed by atoms with Gasteiger partial charge in [-0.1, -0.05) is 18.2 Å². The van der Waals surface area contributed by atoms with Gasteiger partial charge in [0, 0.05) is 0 Å². The molecule has 4 heteroatoms. The molecule has 0 spiro atoms. The maximum Gasteiger partial charge on any atom is 0.178 e. The van der Waals surface area contributed by atoms with Crippen LogP contribution < -0.4 is 0 Å². The van der Waals surface area contributed by atoms with E-state index in [4.69, 9.17) is 4.74 Å². The van der Waals surface area contributed by atoms with Gasteiger partial charge >= 0.3 is 0 Å². The molecule has 2 rings (SSSR count). The number of benzene rings is 1. The molecule has 0 amide bonds. The minimum absolute atomic E-state index is 0.175. The highest BCUT2D eigenvalue weighted by Crippen LogP contribution is 2.18. The van der Waals surface area contributed by atoms with Gasteiger partial charge in [-0.25, -0.2) is 8.42 Å². The Morgan fingerprint density at radius 3 is 2.50 bits per heavy atom. The zero-order valence-electron chi connectivity index (χ0n) is 7.72. The molecule has 76 valence electrons. The minimum atomic E-state index is -3.10. The van der Waals surface area contributed by atoms with Crippen LogP contribution in [-0.4, -0.2) is 26.9 Å². The Kier molecular flexibility index (Phi) is 2.56. The zero-order valence-corrected chi connectivity index (χ0v) is 8.53. The van der Waals surface area contributed by atoms with E-state index in [9.17, 15) is 8.42 Å². The normalized spacial score (nSPS) is 20.7. The van der Waals surface area contributed by atoms with Gasteiger partial charge < -0.3 is 4.74 Å². The van der Waals surface area contributed by atoms with Crippen LogP contribution in [0.2, 0.25) is 0 Å². The molecule has 1 atom stereocenters. The third kappa shape index (κ3) is 2.33. The lowest BCUT2D eigenvalue weighted by Crippen LogP contribution is -2.08. The first-order valence-corrected chi connectivity index (χ1v) is 6.23. The third-order valence-electron chi connectivity index (χ3n) is 2.21. The van der Waals surface area contributed by atoms with Crippen LogP contribution in [0.4, 0.5) is 0 Å². The number of hydrogen-bond donors (Lipinski definition) is 0. The van der Waals surface area contributed by atoms with Gasteiger partial charge in [-0.15, -0.1) is 0 Å². The van der Waals surface area contributed by atoms with E-state index in [-0.39, 0.29) is 11.9 Å². The van der Waals surface area contributed by atoms with E-state index >= 15 is 0 Å². The second-order valence-electron chi connectivity index (χ2n) is 3.38. The van der Waals surface area contributed by atoms with Crippen molar-refractivity contribution >= 4 is 9.84 Å². The molecule has 1 heterocycles. The summed E-state index contributed by atoms with van der Waals surface area (Å²) in [5.74, 6) is 0.182. The van der Waals surface area contributed by atoms with Crippen LogP contribution in [0, 0.1) is 0 Å². The quantitative estimate of drug-likeness (QED) is 0.706. The molecule has 0 bridgehead atoms. The molecule has 1 fully saturated rings. The molecule has 1 aliphatic rings. The summed E-state index contributed by atoms with van der Waals surface area (Å²) in [5.41, 5.74) is 0. The smallest absolute Gasteiger partial charge is 0.178 e. The largest absolute Gasteiger partial charge is 0.373 e. The van der Waals surface area contributed by atoms with Gasteiger partial charge in [-0.3, -0.25) is 0 Å². The molecule has 0 radical (unpaired) electrons. The van der Waals surface area contributed by atoms with Crippen LogP contribution in [0.1, 0.15) is 6.42 Å².